The zero-order chi connectivity index (χ0) is 13.7. The fourth-order valence-corrected chi connectivity index (χ4v) is 2.91. The molecule has 106 valence electrons. The monoisotopic (exact) mass is 262 g/mol. The summed E-state index contributed by atoms with van der Waals surface area (Å²) in [5, 5.41) is 6.80. The molecular formula is C15H26N4. The maximum atomic E-state index is 4.44. The Hall–Kier alpha value is -1.32. The SMILES string of the molecule is CCc1c(NC)ncnc1NC1CCCC(C)CC1. The molecule has 0 amide bonds. The van der Waals surface area contributed by atoms with Crippen LogP contribution in [0.4, 0.5) is 11.6 Å². The van der Waals surface area contributed by atoms with Crippen molar-refractivity contribution in [3.8, 4) is 0 Å². The maximum absolute atomic E-state index is 4.44. The van der Waals surface area contributed by atoms with Gasteiger partial charge in [-0.3, -0.25) is 0 Å². The Morgan fingerprint density at radius 1 is 1.16 bits per heavy atom. The molecule has 0 radical (unpaired) electrons. The Balaban J connectivity index is 2.09. The second-order valence-corrected chi connectivity index (χ2v) is 5.61. The Morgan fingerprint density at radius 2 is 1.95 bits per heavy atom. The lowest BCUT2D eigenvalue weighted by Crippen LogP contribution is -2.21. The van der Waals surface area contributed by atoms with E-state index in [1.165, 1.54) is 37.7 Å². The third kappa shape index (κ3) is 3.58. The first-order valence-corrected chi connectivity index (χ1v) is 7.52. The van der Waals surface area contributed by atoms with Gasteiger partial charge in [0.2, 0.25) is 0 Å². The van der Waals surface area contributed by atoms with E-state index in [4.69, 9.17) is 0 Å². The van der Waals surface area contributed by atoms with Crippen molar-refractivity contribution >= 4 is 11.6 Å². The first-order valence-electron chi connectivity index (χ1n) is 7.52. The van der Waals surface area contributed by atoms with Crippen LogP contribution < -0.4 is 10.6 Å². The summed E-state index contributed by atoms with van der Waals surface area (Å²) in [5.74, 6) is 2.83. The van der Waals surface area contributed by atoms with Crippen LogP contribution in [-0.4, -0.2) is 23.1 Å². The van der Waals surface area contributed by atoms with E-state index in [9.17, 15) is 0 Å². The smallest absolute Gasteiger partial charge is 0.134 e. The normalized spacial score (nSPS) is 23.7. The van der Waals surface area contributed by atoms with Gasteiger partial charge in [-0.2, -0.15) is 0 Å². The minimum Gasteiger partial charge on any atom is -0.373 e. The lowest BCUT2D eigenvalue weighted by Gasteiger charge is -2.20. The summed E-state index contributed by atoms with van der Waals surface area (Å²) in [7, 11) is 1.92. The van der Waals surface area contributed by atoms with E-state index >= 15 is 0 Å². The molecule has 4 heteroatoms. The Labute approximate surface area is 116 Å². The van der Waals surface area contributed by atoms with Crippen LogP contribution >= 0.6 is 0 Å². The van der Waals surface area contributed by atoms with Crippen molar-refractivity contribution in [1.82, 2.24) is 9.97 Å². The molecule has 4 nitrogen and oxygen atoms in total. The predicted molar refractivity (Wildman–Crippen MR) is 80.6 cm³/mol. The number of nitrogens with zero attached hydrogens (tertiary/aromatic N) is 2. The van der Waals surface area contributed by atoms with Crippen LogP contribution in [0.2, 0.25) is 0 Å². The van der Waals surface area contributed by atoms with Crippen molar-refractivity contribution in [3.05, 3.63) is 11.9 Å². The minimum absolute atomic E-state index is 0.565. The van der Waals surface area contributed by atoms with E-state index < -0.39 is 0 Å². The second-order valence-electron chi connectivity index (χ2n) is 5.61. The van der Waals surface area contributed by atoms with Gasteiger partial charge in [-0.1, -0.05) is 26.7 Å². The molecular weight excluding hydrogens is 236 g/mol. The average Bonchev–Trinajstić information content (AvgIpc) is 2.63. The van der Waals surface area contributed by atoms with E-state index in [-0.39, 0.29) is 0 Å². The number of nitrogens with one attached hydrogen (secondary N) is 2. The largest absolute Gasteiger partial charge is 0.373 e. The lowest BCUT2D eigenvalue weighted by molar-refractivity contribution is 0.501. The molecule has 2 unspecified atom stereocenters. The van der Waals surface area contributed by atoms with Gasteiger partial charge < -0.3 is 10.6 Å². The fraction of sp³-hybridized carbons (Fsp3) is 0.733. The molecule has 2 atom stereocenters. The maximum Gasteiger partial charge on any atom is 0.134 e. The summed E-state index contributed by atoms with van der Waals surface area (Å²) in [4.78, 5) is 8.73. The minimum atomic E-state index is 0.565. The molecule has 1 aliphatic rings. The first kappa shape index (κ1) is 14.1. The highest BCUT2D eigenvalue weighted by Crippen LogP contribution is 2.27. The topological polar surface area (TPSA) is 49.8 Å². The van der Waals surface area contributed by atoms with Gasteiger partial charge in [-0.25, -0.2) is 9.97 Å². The first-order chi connectivity index (χ1) is 9.24. The summed E-state index contributed by atoms with van der Waals surface area (Å²) in [5.41, 5.74) is 1.20. The van der Waals surface area contributed by atoms with Crippen molar-refractivity contribution in [3.63, 3.8) is 0 Å². The second kappa shape index (κ2) is 6.73. The highest BCUT2D eigenvalue weighted by Gasteiger charge is 2.18. The van der Waals surface area contributed by atoms with Crippen LogP contribution in [0.5, 0.6) is 0 Å². The standard InChI is InChI=1S/C15H26N4/c1-4-13-14(16-3)17-10-18-15(13)19-12-7-5-6-11(2)8-9-12/h10-12H,4-9H2,1-3H3,(H2,16,17,18,19). The Bertz CT molecular complexity index is 405. The van der Waals surface area contributed by atoms with Crippen LogP contribution in [0.15, 0.2) is 6.33 Å². The number of anilines is 2. The van der Waals surface area contributed by atoms with Gasteiger partial charge in [-0.05, 0) is 31.6 Å². The van der Waals surface area contributed by atoms with Crippen molar-refractivity contribution < 1.29 is 0 Å². The highest BCUT2D eigenvalue weighted by molar-refractivity contribution is 5.57. The van der Waals surface area contributed by atoms with Crippen molar-refractivity contribution in [2.75, 3.05) is 17.7 Å². The van der Waals surface area contributed by atoms with Gasteiger partial charge in [0.15, 0.2) is 0 Å². The lowest BCUT2D eigenvalue weighted by atomic mass is 10.0. The molecule has 1 aromatic heterocycles. The van der Waals surface area contributed by atoms with Crippen LogP contribution in [-0.2, 0) is 6.42 Å². The van der Waals surface area contributed by atoms with Gasteiger partial charge in [0.05, 0.1) is 0 Å². The molecule has 0 saturated heterocycles. The van der Waals surface area contributed by atoms with Gasteiger partial charge in [-0.15, -0.1) is 0 Å². The van der Waals surface area contributed by atoms with Crippen molar-refractivity contribution in [2.24, 2.45) is 5.92 Å². The summed E-state index contributed by atoms with van der Waals surface area (Å²) in [6, 6.07) is 0.565. The van der Waals surface area contributed by atoms with E-state index in [1.54, 1.807) is 6.33 Å². The van der Waals surface area contributed by atoms with Crippen LogP contribution in [0, 0.1) is 5.92 Å². The Morgan fingerprint density at radius 3 is 2.68 bits per heavy atom. The van der Waals surface area contributed by atoms with E-state index in [0.717, 1.165) is 24.0 Å². The quantitative estimate of drug-likeness (QED) is 0.816. The van der Waals surface area contributed by atoms with E-state index in [2.05, 4.69) is 34.4 Å². The summed E-state index contributed by atoms with van der Waals surface area (Å²) < 4.78 is 0. The van der Waals surface area contributed by atoms with Gasteiger partial charge >= 0.3 is 0 Å². The Kier molecular flexibility index (Phi) is 5.00. The van der Waals surface area contributed by atoms with Crippen molar-refractivity contribution in [2.45, 2.75) is 58.4 Å². The highest BCUT2D eigenvalue weighted by atomic mass is 15.1. The molecule has 0 spiro atoms. The third-order valence-electron chi connectivity index (χ3n) is 4.13. The zero-order valence-corrected chi connectivity index (χ0v) is 12.4. The molecule has 0 bridgehead atoms. The number of aromatic nitrogens is 2. The summed E-state index contributed by atoms with van der Waals surface area (Å²) in [6.45, 7) is 4.52. The van der Waals surface area contributed by atoms with Crippen molar-refractivity contribution in [1.29, 1.82) is 0 Å². The molecule has 1 aromatic rings. The molecule has 19 heavy (non-hydrogen) atoms. The number of rotatable bonds is 4. The summed E-state index contributed by atoms with van der Waals surface area (Å²) >= 11 is 0. The number of hydrogen-bond donors (Lipinski definition) is 2. The predicted octanol–water partition coefficient (Wildman–Crippen LogP) is 3.46. The molecule has 1 saturated carbocycles. The third-order valence-corrected chi connectivity index (χ3v) is 4.13. The number of hydrogen-bond acceptors (Lipinski definition) is 4. The van der Waals surface area contributed by atoms with Crippen LogP contribution in [0.3, 0.4) is 0 Å². The molecule has 0 aliphatic heterocycles. The molecule has 1 fully saturated rings. The van der Waals surface area contributed by atoms with Gasteiger partial charge in [0, 0.05) is 18.7 Å². The molecule has 0 aromatic carbocycles. The molecule has 1 aliphatic carbocycles. The van der Waals surface area contributed by atoms with E-state index in [0.29, 0.717) is 6.04 Å². The summed E-state index contributed by atoms with van der Waals surface area (Å²) in [6.07, 6.45) is 9.11. The molecule has 2 rings (SSSR count). The molecule has 2 N–H and O–H groups in total. The van der Waals surface area contributed by atoms with Gasteiger partial charge in [0.25, 0.3) is 0 Å². The fourth-order valence-electron chi connectivity index (χ4n) is 2.91. The van der Waals surface area contributed by atoms with E-state index in [1.807, 2.05) is 7.05 Å². The van der Waals surface area contributed by atoms with Crippen LogP contribution in [0.25, 0.3) is 0 Å². The average molecular weight is 262 g/mol. The zero-order valence-electron chi connectivity index (χ0n) is 12.4. The van der Waals surface area contributed by atoms with Gasteiger partial charge in [0.1, 0.15) is 18.0 Å². The molecule has 1 heterocycles. The van der Waals surface area contributed by atoms with Crippen LogP contribution in [0.1, 0.15) is 51.5 Å².